The van der Waals surface area contributed by atoms with Gasteiger partial charge in [-0.3, -0.25) is 24.4 Å². The number of carbonyl (C=O) groups is 2. The van der Waals surface area contributed by atoms with Gasteiger partial charge in [0, 0.05) is 30.8 Å². The topological polar surface area (TPSA) is 73.7 Å². The van der Waals surface area contributed by atoms with Crippen molar-refractivity contribution in [2.45, 2.75) is 57.4 Å². The molecule has 3 heterocycles. The van der Waals surface area contributed by atoms with Crippen molar-refractivity contribution >= 4 is 11.8 Å². The predicted molar refractivity (Wildman–Crippen MR) is 108 cm³/mol. The number of pyridine rings is 1. The van der Waals surface area contributed by atoms with E-state index in [0.29, 0.717) is 18.2 Å². The van der Waals surface area contributed by atoms with E-state index in [1.165, 1.54) is 18.4 Å². The molecule has 0 unspecified atom stereocenters. The van der Waals surface area contributed by atoms with Crippen molar-refractivity contribution < 1.29 is 14.7 Å². The number of likely N-dealkylation sites (tertiary alicyclic amines) is 2. The van der Waals surface area contributed by atoms with Crippen LogP contribution in [-0.4, -0.2) is 64.4 Å². The minimum Gasteiger partial charge on any atom is -0.480 e. The number of nitrogens with zero attached hydrogens (tertiary/aromatic N) is 3. The monoisotopic (exact) mass is 387 g/mol. The average Bonchev–Trinajstić information content (AvgIpc) is 3.17. The van der Waals surface area contributed by atoms with Gasteiger partial charge in [-0.2, -0.15) is 0 Å². The summed E-state index contributed by atoms with van der Waals surface area (Å²) in [5.74, 6) is -0.267. The van der Waals surface area contributed by atoms with Crippen molar-refractivity contribution in [3.63, 3.8) is 0 Å². The summed E-state index contributed by atoms with van der Waals surface area (Å²) in [5.41, 5.74) is 1.32. The number of unbranched alkanes of at least 4 members (excludes halogenated alkanes) is 2. The van der Waals surface area contributed by atoms with Gasteiger partial charge in [-0.1, -0.05) is 12.5 Å². The zero-order chi connectivity index (χ0) is 19.8. The van der Waals surface area contributed by atoms with Crippen LogP contribution in [0.2, 0.25) is 0 Å². The van der Waals surface area contributed by atoms with Crippen LogP contribution in [0.25, 0.3) is 0 Å². The fraction of sp³-hybridized carbons (Fsp3) is 0.682. The highest BCUT2D eigenvalue weighted by molar-refractivity contribution is 5.81. The largest absolute Gasteiger partial charge is 0.480 e. The number of aromatic nitrogens is 1. The van der Waals surface area contributed by atoms with Gasteiger partial charge in [-0.15, -0.1) is 0 Å². The van der Waals surface area contributed by atoms with Crippen LogP contribution in [0.4, 0.5) is 0 Å². The van der Waals surface area contributed by atoms with Crippen LogP contribution in [0.1, 0.15) is 63.0 Å². The summed E-state index contributed by atoms with van der Waals surface area (Å²) in [6.07, 6.45) is 11.8. The van der Waals surface area contributed by atoms with E-state index in [9.17, 15) is 9.59 Å². The smallest absolute Gasteiger partial charge is 0.317 e. The van der Waals surface area contributed by atoms with Gasteiger partial charge in [-0.05, 0) is 76.3 Å². The van der Waals surface area contributed by atoms with Crippen molar-refractivity contribution in [2.24, 2.45) is 5.92 Å². The molecule has 3 rings (SSSR count). The SMILES string of the molecule is O=C(O)CN1CCC(C(=O)CCCCCN2CCC[C@H]2c2cccnc2)CC1. The first-order valence-electron chi connectivity index (χ1n) is 10.7. The van der Waals surface area contributed by atoms with Gasteiger partial charge in [0.25, 0.3) is 0 Å². The number of carboxylic acids is 1. The first kappa shape index (κ1) is 20.9. The Labute approximate surface area is 167 Å². The minimum absolute atomic E-state index is 0.0947. The van der Waals surface area contributed by atoms with Crippen LogP contribution >= 0.6 is 0 Å². The van der Waals surface area contributed by atoms with Crippen molar-refractivity contribution in [1.29, 1.82) is 0 Å². The van der Waals surface area contributed by atoms with E-state index in [4.69, 9.17) is 5.11 Å². The number of rotatable bonds is 10. The Kier molecular flexibility index (Phi) is 7.98. The number of ketones is 1. The van der Waals surface area contributed by atoms with Gasteiger partial charge >= 0.3 is 5.97 Å². The van der Waals surface area contributed by atoms with E-state index in [1.54, 1.807) is 0 Å². The number of piperidine rings is 1. The normalized spacial score (nSPS) is 21.8. The van der Waals surface area contributed by atoms with E-state index in [0.717, 1.165) is 58.3 Å². The summed E-state index contributed by atoms with van der Waals surface area (Å²) >= 11 is 0. The third-order valence-electron chi connectivity index (χ3n) is 6.20. The summed E-state index contributed by atoms with van der Waals surface area (Å²) in [5, 5.41) is 8.85. The van der Waals surface area contributed by atoms with Gasteiger partial charge in [-0.25, -0.2) is 0 Å². The van der Waals surface area contributed by atoms with Gasteiger partial charge in [0.05, 0.1) is 6.54 Å². The van der Waals surface area contributed by atoms with Gasteiger partial charge in [0.15, 0.2) is 0 Å². The van der Waals surface area contributed by atoms with Crippen LogP contribution < -0.4 is 0 Å². The highest BCUT2D eigenvalue weighted by Gasteiger charge is 2.26. The number of hydrogen-bond donors (Lipinski definition) is 1. The number of Topliss-reactive ketones (excluding diaryl/α,β-unsaturated/α-hetero) is 1. The highest BCUT2D eigenvalue weighted by atomic mass is 16.4. The van der Waals surface area contributed by atoms with Gasteiger partial charge in [0.1, 0.15) is 5.78 Å². The van der Waals surface area contributed by atoms with Crippen molar-refractivity contribution in [2.75, 3.05) is 32.7 Å². The summed E-state index contributed by atoms with van der Waals surface area (Å²) in [7, 11) is 0. The maximum absolute atomic E-state index is 12.4. The zero-order valence-corrected chi connectivity index (χ0v) is 16.8. The lowest BCUT2D eigenvalue weighted by atomic mass is 9.90. The summed E-state index contributed by atoms with van der Waals surface area (Å²) < 4.78 is 0. The number of hydrogen-bond acceptors (Lipinski definition) is 5. The second-order valence-corrected chi connectivity index (χ2v) is 8.20. The molecule has 0 aliphatic carbocycles. The molecule has 0 saturated carbocycles. The molecule has 0 spiro atoms. The Morgan fingerprint density at radius 1 is 1.11 bits per heavy atom. The molecule has 28 heavy (non-hydrogen) atoms. The van der Waals surface area contributed by atoms with E-state index in [1.807, 2.05) is 23.4 Å². The second kappa shape index (κ2) is 10.7. The van der Waals surface area contributed by atoms with Crippen molar-refractivity contribution in [1.82, 2.24) is 14.8 Å². The molecule has 2 saturated heterocycles. The molecule has 0 radical (unpaired) electrons. The number of carbonyl (C=O) groups excluding carboxylic acids is 1. The van der Waals surface area contributed by atoms with E-state index >= 15 is 0 Å². The molecule has 0 amide bonds. The maximum atomic E-state index is 12.4. The summed E-state index contributed by atoms with van der Waals surface area (Å²) in [6.45, 7) is 3.81. The van der Waals surface area contributed by atoms with Crippen molar-refractivity contribution in [3.05, 3.63) is 30.1 Å². The van der Waals surface area contributed by atoms with Gasteiger partial charge < -0.3 is 5.11 Å². The van der Waals surface area contributed by atoms with E-state index in [-0.39, 0.29) is 12.5 Å². The third kappa shape index (κ3) is 6.11. The summed E-state index contributed by atoms with van der Waals surface area (Å²) in [4.78, 5) is 32.0. The molecule has 1 atom stereocenters. The molecule has 1 N–H and O–H groups in total. The molecule has 1 aromatic rings. The maximum Gasteiger partial charge on any atom is 0.317 e. The van der Waals surface area contributed by atoms with E-state index in [2.05, 4.69) is 16.0 Å². The van der Waals surface area contributed by atoms with Crippen LogP contribution in [0.5, 0.6) is 0 Å². The highest BCUT2D eigenvalue weighted by Crippen LogP contribution is 2.31. The molecular formula is C22H33N3O3. The van der Waals surface area contributed by atoms with Crippen LogP contribution in [0, 0.1) is 5.92 Å². The molecule has 2 fully saturated rings. The molecule has 2 aliphatic heterocycles. The predicted octanol–water partition coefficient (Wildman–Crippen LogP) is 3.14. The Balaban J connectivity index is 1.30. The second-order valence-electron chi connectivity index (χ2n) is 8.20. The summed E-state index contributed by atoms with van der Waals surface area (Å²) in [6, 6.07) is 4.70. The molecule has 0 aromatic carbocycles. The minimum atomic E-state index is -0.784. The Morgan fingerprint density at radius 3 is 2.64 bits per heavy atom. The van der Waals surface area contributed by atoms with E-state index < -0.39 is 5.97 Å². The molecule has 1 aromatic heterocycles. The molecule has 6 nitrogen and oxygen atoms in total. The zero-order valence-electron chi connectivity index (χ0n) is 16.8. The quantitative estimate of drug-likeness (QED) is 0.622. The van der Waals surface area contributed by atoms with Crippen molar-refractivity contribution in [3.8, 4) is 0 Å². The number of carboxylic acid groups (broad SMARTS) is 1. The lowest BCUT2D eigenvalue weighted by Crippen LogP contribution is -2.39. The van der Waals surface area contributed by atoms with Crippen LogP contribution in [0.15, 0.2) is 24.5 Å². The van der Waals surface area contributed by atoms with Crippen LogP contribution in [0.3, 0.4) is 0 Å². The number of aliphatic carboxylic acids is 1. The Hall–Kier alpha value is -1.79. The first-order chi connectivity index (χ1) is 13.6. The molecule has 2 aliphatic rings. The molecular weight excluding hydrogens is 354 g/mol. The Morgan fingerprint density at radius 2 is 1.93 bits per heavy atom. The first-order valence-corrected chi connectivity index (χ1v) is 10.7. The van der Waals surface area contributed by atoms with Gasteiger partial charge in [0.2, 0.25) is 0 Å². The fourth-order valence-electron chi connectivity index (χ4n) is 4.64. The Bertz CT molecular complexity index is 629. The molecule has 6 heteroatoms. The molecule has 154 valence electrons. The fourth-order valence-corrected chi connectivity index (χ4v) is 4.64. The standard InChI is InChI=1S/C22H33N3O3/c26-21(18-9-14-24(15-10-18)17-22(27)28)8-2-1-3-12-25-13-5-7-20(25)19-6-4-11-23-16-19/h4,6,11,16,18,20H,1-3,5,7-10,12-15,17H2,(H,27,28)/t20-/m0/s1. The lowest BCUT2D eigenvalue weighted by Gasteiger charge is -2.30. The van der Waals surface area contributed by atoms with Crippen LogP contribution in [-0.2, 0) is 9.59 Å². The molecule has 0 bridgehead atoms. The average molecular weight is 388 g/mol. The lowest BCUT2D eigenvalue weighted by molar-refractivity contribution is -0.138. The third-order valence-corrected chi connectivity index (χ3v) is 6.20.